The lowest BCUT2D eigenvalue weighted by molar-refractivity contribution is 0.102. The van der Waals surface area contributed by atoms with E-state index in [1.54, 1.807) is 24.3 Å². The normalized spacial score (nSPS) is 10.7. The number of carbonyl (C=O) groups excluding carboxylic acids is 1. The molecule has 0 saturated heterocycles. The summed E-state index contributed by atoms with van der Waals surface area (Å²) in [6, 6.07) is 17.0. The number of benzene rings is 2. The topological polar surface area (TPSA) is 72.7 Å². The van der Waals surface area contributed by atoms with Gasteiger partial charge in [-0.25, -0.2) is 9.37 Å². The van der Waals surface area contributed by atoms with Gasteiger partial charge in [0.2, 0.25) is 17.7 Å². The van der Waals surface area contributed by atoms with E-state index in [0.717, 1.165) is 5.56 Å². The first-order valence-electron chi connectivity index (χ1n) is 8.74. The quantitative estimate of drug-likeness (QED) is 0.530. The summed E-state index contributed by atoms with van der Waals surface area (Å²) in [6.07, 6.45) is 0. The third-order valence-corrected chi connectivity index (χ3v) is 4.22. The Kier molecular flexibility index (Phi) is 4.82. The minimum absolute atomic E-state index is 0.0601. The van der Waals surface area contributed by atoms with Crippen LogP contribution < -0.4 is 5.32 Å². The van der Waals surface area contributed by atoms with Gasteiger partial charge in [-0.05, 0) is 48.9 Å². The molecule has 2 heterocycles. The minimum atomic E-state index is -0.685. The van der Waals surface area contributed by atoms with Gasteiger partial charge in [-0.1, -0.05) is 30.3 Å². The summed E-state index contributed by atoms with van der Waals surface area (Å²) in [4.78, 5) is 20.8. The molecule has 0 fully saturated rings. The number of nitrogens with one attached hydrogen (secondary N) is 1. The molecule has 1 amide bonds. The molecule has 0 aliphatic heterocycles. The SMILES string of the molecule is Cc1ccccc1C(=O)Nc1nc(-c2cccc(F)n2)nn1-c1cccc(F)c1. The first kappa shape index (κ1) is 18.4. The number of pyridine rings is 1. The van der Waals surface area contributed by atoms with Gasteiger partial charge in [-0.2, -0.15) is 14.1 Å². The molecule has 2 aromatic heterocycles. The molecule has 0 radical (unpaired) electrons. The van der Waals surface area contributed by atoms with Crippen molar-refractivity contribution in [2.24, 2.45) is 0 Å². The molecule has 2 aromatic carbocycles. The van der Waals surface area contributed by atoms with Crippen LogP contribution in [0.5, 0.6) is 0 Å². The molecule has 6 nitrogen and oxygen atoms in total. The number of amides is 1. The molecule has 4 aromatic rings. The smallest absolute Gasteiger partial charge is 0.258 e. The highest BCUT2D eigenvalue weighted by molar-refractivity contribution is 6.04. The maximum Gasteiger partial charge on any atom is 0.258 e. The Bertz CT molecular complexity index is 1210. The van der Waals surface area contributed by atoms with E-state index in [0.29, 0.717) is 11.3 Å². The predicted octanol–water partition coefficient (Wildman–Crippen LogP) is 4.17. The van der Waals surface area contributed by atoms with Gasteiger partial charge in [0.25, 0.3) is 5.91 Å². The number of aryl methyl sites for hydroxylation is 1. The summed E-state index contributed by atoms with van der Waals surface area (Å²) in [5, 5.41) is 6.99. The zero-order valence-corrected chi connectivity index (χ0v) is 15.3. The number of hydrogen-bond acceptors (Lipinski definition) is 4. The van der Waals surface area contributed by atoms with Crippen molar-refractivity contribution < 1.29 is 13.6 Å². The predicted molar refractivity (Wildman–Crippen MR) is 104 cm³/mol. The average Bonchev–Trinajstić information content (AvgIpc) is 3.12. The Hall–Kier alpha value is -3.94. The Morgan fingerprint density at radius 1 is 0.966 bits per heavy atom. The molecule has 0 spiro atoms. The van der Waals surface area contributed by atoms with Crippen LogP contribution in [0.15, 0.2) is 66.7 Å². The van der Waals surface area contributed by atoms with Crippen LogP contribution in [0.3, 0.4) is 0 Å². The molecule has 29 heavy (non-hydrogen) atoms. The van der Waals surface area contributed by atoms with E-state index >= 15 is 0 Å². The van der Waals surface area contributed by atoms with E-state index < -0.39 is 17.7 Å². The molecule has 0 bridgehead atoms. The van der Waals surface area contributed by atoms with E-state index in [1.165, 1.54) is 35.0 Å². The summed E-state index contributed by atoms with van der Waals surface area (Å²) >= 11 is 0. The van der Waals surface area contributed by atoms with Crippen LogP contribution in [-0.4, -0.2) is 25.7 Å². The first-order chi connectivity index (χ1) is 14.0. The van der Waals surface area contributed by atoms with Crippen molar-refractivity contribution in [2.75, 3.05) is 5.32 Å². The summed E-state index contributed by atoms with van der Waals surface area (Å²) in [5.74, 6) is -1.40. The van der Waals surface area contributed by atoms with E-state index in [4.69, 9.17) is 0 Å². The fraction of sp³-hybridized carbons (Fsp3) is 0.0476. The number of hydrogen-bond donors (Lipinski definition) is 1. The molecule has 1 N–H and O–H groups in total. The highest BCUT2D eigenvalue weighted by Gasteiger charge is 2.18. The zero-order valence-electron chi connectivity index (χ0n) is 15.3. The lowest BCUT2D eigenvalue weighted by Crippen LogP contribution is -2.17. The number of halogens is 2. The van der Waals surface area contributed by atoms with Crippen LogP contribution in [0.1, 0.15) is 15.9 Å². The standard InChI is InChI=1S/C21H15F2N5O/c1-13-6-2-3-9-16(13)20(29)26-21-25-19(17-10-5-11-18(23)24-17)27-28(21)15-8-4-7-14(22)12-15/h2-12H,1H3,(H,25,26,27,29). The largest absolute Gasteiger partial charge is 0.290 e. The Morgan fingerprint density at radius 3 is 2.52 bits per heavy atom. The first-order valence-corrected chi connectivity index (χ1v) is 8.74. The molecule has 0 aliphatic rings. The molecular weight excluding hydrogens is 376 g/mol. The number of anilines is 1. The third-order valence-electron chi connectivity index (χ3n) is 4.22. The van der Waals surface area contributed by atoms with E-state index in [9.17, 15) is 13.6 Å². The van der Waals surface area contributed by atoms with Gasteiger partial charge in [0, 0.05) is 5.56 Å². The Labute approximate surface area is 164 Å². The van der Waals surface area contributed by atoms with Crippen molar-refractivity contribution in [3.63, 3.8) is 0 Å². The van der Waals surface area contributed by atoms with Gasteiger partial charge in [-0.15, -0.1) is 5.10 Å². The van der Waals surface area contributed by atoms with E-state index in [-0.39, 0.29) is 17.5 Å². The average molecular weight is 391 g/mol. The van der Waals surface area contributed by atoms with Crippen LogP contribution in [0.4, 0.5) is 14.7 Å². The molecule has 0 aliphatic carbocycles. The summed E-state index contributed by atoms with van der Waals surface area (Å²) in [5.41, 5.74) is 1.78. The third kappa shape index (κ3) is 3.86. The van der Waals surface area contributed by atoms with Crippen molar-refractivity contribution in [3.8, 4) is 17.2 Å². The highest BCUT2D eigenvalue weighted by atomic mass is 19.1. The Morgan fingerprint density at radius 2 is 1.76 bits per heavy atom. The van der Waals surface area contributed by atoms with Gasteiger partial charge in [-0.3, -0.25) is 10.1 Å². The maximum absolute atomic E-state index is 13.7. The lowest BCUT2D eigenvalue weighted by Gasteiger charge is -2.08. The number of carbonyl (C=O) groups is 1. The van der Waals surface area contributed by atoms with Crippen LogP contribution in [0.25, 0.3) is 17.2 Å². The van der Waals surface area contributed by atoms with Crippen LogP contribution >= 0.6 is 0 Å². The number of aromatic nitrogens is 4. The van der Waals surface area contributed by atoms with Crippen molar-refractivity contribution in [1.29, 1.82) is 0 Å². The van der Waals surface area contributed by atoms with Gasteiger partial charge in [0.05, 0.1) is 5.69 Å². The van der Waals surface area contributed by atoms with Gasteiger partial charge >= 0.3 is 0 Å². The molecule has 0 unspecified atom stereocenters. The second-order valence-electron chi connectivity index (χ2n) is 6.27. The molecule has 144 valence electrons. The zero-order chi connectivity index (χ0) is 20.4. The second-order valence-corrected chi connectivity index (χ2v) is 6.27. The van der Waals surface area contributed by atoms with Crippen LogP contribution in [-0.2, 0) is 0 Å². The summed E-state index contributed by atoms with van der Waals surface area (Å²) in [7, 11) is 0. The van der Waals surface area contributed by atoms with Gasteiger partial charge < -0.3 is 0 Å². The molecule has 0 atom stereocenters. The fourth-order valence-corrected chi connectivity index (χ4v) is 2.82. The molecular formula is C21H15F2N5O. The molecule has 4 rings (SSSR count). The maximum atomic E-state index is 13.7. The van der Waals surface area contributed by atoms with Crippen LogP contribution in [0, 0.1) is 18.7 Å². The van der Waals surface area contributed by atoms with E-state index in [1.807, 2.05) is 19.1 Å². The molecule has 0 saturated carbocycles. The second kappa shape index (κ2) is 7.59. The summed E-state index contributed by atoms with van der Waals surface area (Å²) in [6.45, 7) is 1.81. The van der Waals surface area contributed by atoms with Crippen molar-refractivity contribution in [3.05, 3.63) is 89.6 Å². The summed E-state index contributed by atoms with van der Waals surface area (Å²) < 4.78 is 28.5. The fourth-order valence-electron chi connectivity index (χ4n) is 2.82. The monoisotopic (exact) mass is 391 g/mol. The molecule has 8 heteroatoms. The van der Waals surface area contributed by atoms with Crippen molar-refractivity contribution >= 4 is 11.9 Å². The van der Waals surface area contributed by atoms with Crippen molar-refractivity contribution in [1.82, 2.24) is 19.7 Å². The minimum Gasteiger partial charge on any atom is -0.290 e. The van der Waals surface area contributed by atoms with E-state index in [2.05, 4.69) is 20.4 Å². The van der Waals surface area contributed by atoms with Crippen LogP contribution in [0.2, 0.25) is 0 Å². The number of rotatable bonds is 4. The van der Waals surface area contributed by atoms with Gasteiger partial charge in [0.1, 0.15) is 11.5 Å². The van der Waals surface area contributed by atoms with Crippen molar-refractivity contribution in [2.45, 2.75) is 6.92 Å². The number of nitrogens with zero attached hydrogens (tertiary/aromatic N) is 4. The van der Waals surface area contributed by atoms with Gasteiger partial charge in [0.15, 0.2) is 0 Å². The lowest BCUT2D eigenvalue weighted by atomic mass is 10.1. The Balaban J connectivity index is 1.79. The highest BCUT2D eigenvalue weighted by Crippen LogP contribution is 2.21.